The van der Waals surface area contributed by atoms with Gasteiger partial charge in [0, 0.05) is 12.1 Å². The number of nitrogens with zero attached hydrogens (tertiary/aromatic N) is 3. The lowest BCUT2D eigenvalue weighted by atomic mass is 10.1. The van der Waals surface area contributed by atoms with Crippen molar-refractivity contribution in [1.29, 1.82) is 5.26 Å². The number of carbonyl (C=O) groups excluding carboxylic acids is 3. The molecule has 106 valence electrons. The second-order valence-corrected chi connectivity index (χ2v) is 4.11. The topological polar surface area (TPSA) is 133 Å². The third-order valence-electron chi connectivity index (χ3n) is 2.83. The minimum absolute atomic E-state index is 0.109. The van der Waals surface area contributed by atoms with Crippen molar-refractivity contribution < 1.29 is 19.3 Å². The Balaban J connectivity index is 2.30. The van der Waals surface area contributed by atoms with E-state index in [1.54, 1.807) is 6.07 Å². The van der Waals surface area contributed by atoms with Crippen molar-refractivity contribution >= 4 is 29.0 Å². The summed E-state index contributed by atoms with van der Waals surface area (Å²) in [5.41, 5.74) is -0.282. The zero-order valence-electron chi connectivity index (χ0n) is 10.5. The molecule has 21 heavy (non-hydrogen) atoms. The second kappa shape index (κ2) is 5.38. The molecule has 2 rings (SSSR count). The molecule has 0 saturated carbocycles. The highest BCUT2D eigenvalue weighted by molar-refractivity contribution is 6.52. The van der Waals surface area contributed by atoms with E-state index in [0.717, 1.165) is 17.0 Å². The third kappa shape index (κ3) is 2.55. The molecule has 0 unspecified atom stereocenters. The van der Waals surface area contributed by atoms with Crippen LogP contribution in [0, 0.1) is 21.4 Å². The average molecular weight is 288 g/mol. The molecule has 1 aromatic rings. The number of ketones is 1. The summed E-state index contributed by atoms with van der Waals surface area (Å²) in [4.78, 5) is 46.0. The number of hydrogen-bond donors (Lipinski definition) is 1. The van der Waals surface area contributed by atoms with Gasteiger partial charge >= 0.3 is 0 Å². The lowest BCUT2D eigenvalue weighted by Crippen LogP contribution is -2.40. The van der Waals surface area contributed by atoms with E-state index in [-0.39, 0.29) is 23.5 Å². The number of nitro benzene ring substituents is 1. The van der Waals surface area contributed by atoms with Crippen molar-refractivity contribution in [2.24, 2.45) is 0 Å². The van der Waals surface area contributed by atoms with Gasteiger partial charge in [-0.2, -0.15) is 5.26 Å². The van der Waals surface area contributed by atoms with Gasteiger partial charge in [-0.3, -0.25) is 29.4 Å². The molecule has 0 saturated heterocycles. The van der Waals surface area contributed by atoms with Crippen molar-refractivity contribution in [3.8, 4) is 6.07 Å². The van der Waals surface area contributed by atoms with Crippen molar-refractivity contribution in [1.82, 2.24) is 5.32 Å². The lowest BCUT2D eigenvalue weighted by molar-refractivity contribution is -0.384. The SMILES string of the molecule is N#CCNC(=O)CN1C(=O)C(=O)c2cc([N+](=O)[O-])ccc21. The predicted molar refractivity (Wildman–Crippen MR) is 68.4 cm³/mol. The molecule has 0 spiro atoms. The minimum Gasteiger partial charge on any atom is -0.341 e. The molecular weight excluding hydrogens is 280 g/mol. The first kappa shape index (κ1) is 14.1. The molecule has 0 fully saturated rings. The monoisotopic (exact) mass is 288 g/mol. The lowest BCUT2D eigenvalue weighted by Gasteiger charge is -2.15. The Morgan fingerprint density at radius 1 is 1.43 bits per heavy atom. The summed E-state index contributed by atoms with van der Waals surface area (Å²) in [6, 6.07) is 5.10. The van der Waals surface area contributed by atoms with Gasteiger partial charge in [0.25, 0.3) is 17.4 Å². The molecule has 0 atom stereocenters. The molecule has 1 N–H and O–H groups in total. The van der Waals surface area contributed by atoms with E-state index in [9.17, 15) is 24.5 Å². The number of carbonyl (C=O) groups is 3. The van der Waals surface area contributed by atoms with Crippen LogP contribution in [-0.4, -0.2) is 35.6 Å². The number of nitro groups is 1. The number of hydrogen-bond acceptors (Lipinski definition) is 6. The number of rotatable bonds is 4. The molecule has 1 aliphatic rings. The van der Waals surface area contributed by atoms with Crippen molar-refractivity contribution in [2.75, 3.05) is 18.0 Å². The smallest absolute Gasteiger partial charge is 0.299 e. The fourth-order valence-electron chi connectivity index (χ4n) is 1.90. The highest BCUT2D eigenvalue weighted by Gasteiger charge is 2.37. The number of nitriles is 1. The molecule has 1 aromatic carbocycles. The summed E-state index contributed by atoms with van der Waals surface area (Å²) in [5, 5.41) is 21.3. The number of non-ortho nitro benzene ring substituents is 1. The Morgan fingerprint density at radius 2 is 2.14 bits per heavy atom. The number of fused-ring (bicyclic) bond motifs is 1. The minimum atomic E-state index is -0.933. The summed E-state index contributed by atoms with van der Waals surface area (Å²) in [5.74, 6) is -2.44. The zero-order valence-corrected chi connectivity index (χ0v) is 10.5. The van der Waals surface area contributed by atoms with Crippen LogP contribution in [-0.2, 0) is 9.59 Å². The van der Waals surface area contributed by atoms with Crippen LogP contribution >= 0.6 is 0 Å². The first-order valence-corrected chi connectivity index (χ1v) is 5.74. The summed E-state index contributed by atoms with van der Waals surface area (Å²) >= 11 is 0. The van der Waals surface area contributed by atoms with Crippen LogP contribution < -0.4 is 10.2 Å². The van der Waals surface area contributed by atoms with Crippen LogP contribution in [0.5, 0.6) is 0 Å². The van der Waals surface area contributed by atoms with Gasteiger partial charge in [-0.15, -0.1) is 0 Å². The number of anilines is 1. The maximum absolute atomic E-state index is 11.8. The van der Waals surface area contributed by atoms with E-state index >= 15 is 0 Å². The second-order valence-electron chi connectivity index (χ2n) is 4.11. The third-order valence-corrected chi connectivity index (χ3v) is 2.83. The standard InChI is InChI=1S/C12H8N4O5/c13-3-4-14-10(17)6-15-9-2-1-7(16(20)21)5-8(9)11(18)12(15)19/h1-2,5H,4,6H2,(H,14,17). The van der Waals surface area contributed by atoms with Crippen LogP contribution in [0.4, 0.5) is 11.4 Å². The fraction of sp³-hybridized carbons (Fsp3) is 0.167. The Labute approximate surface area is 117 Å². The summed E-state index contributed by atoms with van der Waals surface area (Å²) in [7, 11) is 0. The quantitative estimate of drug-likeness (QED) is 0.352. The molecule has 9 nitrogen and oxygen atoms in total. The molecule has 9 heteroatoms. The summed E-state index contributed by atoms with van der Waals surface area (Å²) in [6.45, 7) is -0.654. The van der Waals surface area contributed by atoms with E-state index in [4.69, 9.17) is 5.26 Å². The van der Waals surface area contributed by atoms with Gasteiger partial charge in [0.05, 0.1) is 22.2 Å². The van der Waals surface area contributed by atoms with E-state index in [1.165, 1.54) is 6.07 Å². The van der Waals surface area contributed by atoms with Crippen LogP contribution in [0.15, 0.2) is 18.2 Å². The number of Topliss-reactive ketones (excluding diaryl/α,β-unsaturated/α-hetero) is 1. The maximum Gasteiger partial charge on any atom is 0.299 e. The molecule has 0 aliphatic carbocycles. The molecule has 0 aromatic heterocycles. The molecule has 2 amide bonds. The number of amides is 2. The first-order valence-electron chi connectivity index (χ1n) is 5.74. The van der Waals surface area contributed by atoms with E-state index < -0.39 is 29.1 Å². The van der Waals surface area contributed by atoms with Crippen LogP contribution in [0.2, 0.25) is 0 Å². The fourth-order valence-corrected chi connectivity index (χ4v) is 1.90. The van der Waals surface area contributed by atoms with Gasteiger partial charge in [0.15, 0.2) is 0 Å². The van der Waals surface area contributed by atoms with Crippen molar-refractivity contribution in [3.63, 3.8) is 0 Å². The van der Waals surface area contributed by atoms with Gasteiger partial charge in [-0.05, 0) is 6.07 Å². The summed E-state index contributed by atoms with van der Waals surface area (Å²) in [6.07, 6.45) is 0. The summed E-state index contributed by atoms with van der Waals surface area (Å²) < 4.78 is 0. The van der Waals surface area contributed by atoms with Crippen LogP contribution in [0.1, 0.15) is 10.4 Å². The van der Waals surface area contributed by atoms with E-state index in [0.29, 0.717) is 0 Å². The molecular formula is C12H8N4O5. The van der Waals surface area contributed by atoms with E-state index in [2.05, 4.69) is 5.32 Å². The number of nitrogens with one attached hydrogen (secondary N) is 1. The van der Waals surface area contributed by atoms with Gasteiger partial charge in [0.1, 0.15) is 13.1 Å². The Bertz CT molecular complexity index is 706. The van der Waals surface area contributed by atoms with Crippen molar-refractivity contribution in [3.05, 3.63) is 33.9 Å². The van der Waals surface area contributed by atoms with Gasteiger partial charge in [-0.25, -0.2) is 0 Å². The number of benzene rings is 1. The largest absolute Gasteiger partial charge is 0.341 e. The van der Waals surface area contributed by atoms with Crippen molar-refractivity contribution in [2.45, 2.75) is 0 Å². The molecule has 0 bridgehead atoms. The van der Waals surface area contributed by atoms with Crippen LogP contribution in [0.25, 0.3) is 0 Å². The normalized spacial score (nSPS) is 12.8. The average Bonchev–Trinajstić information content (AvgIpc) is 2.70. The predicted octanol–water partition coefficient (Wildman–Crippen LogP) is -0.236. The molecule has 1 aliphatic heterocycles. The molecule has 0 radical (unpaired) electrons. The Hall–Kier alpha value is -3.28. The van der Waals surface area contributed by atoms with Gasteiger partial charge in [0.2, 0.25) is 5.91 Å². The Morgan fingerprint density at radius 3 is 2.76 bits per heavy atom. The van der Waals surface area contributed by atoms with Crippen LogP contribution in [0.3, 0.4) is 0 Å². The highest BCUT2D eigenvalue weighted by Crippen LogP contribution is 2.31. The van der Waals surface area contributed by atoms with E-state index in [1.807, 2.05) is 0 Å². The zero-order chi connectivity index (χ0) is 15.6. The maximum atomic E-state index is 11.8. The highest BCUT2D eigenvalue weighted by atomic mass is 16.6. The Kier molecular flexibility index (Phi) is 3.62. The first-order chi connectivity index (χ1) is 9.95. The molecule has 1 heterocycles. The van der Waals surface area contributed by atoms with Gasteiger partial charge in [-0.1, -0.05) is 0 Å². The van der Waals surface area contributed by atoms with Gasteiger partial charge < -0.3 is 5.32 Å².